The zero-order valence-corrected chi connectivity index (χ0v) is 14.3. The Morgan fingerprint density at radius 1 is 0.600 bits per heavy atom. The normalized spacial score (nSPS) is 0. The van der Waals surface area contributed by atoms with E-state index < -0.39 is 0 Å². The van der Waals surface area contributed by atoms with Gasteiger partial charge in [0.1, 0.15) is 0 Å². The van der Waals surface area contributed by atoms with Gasteiger partial charge in [0, 0.05) is 0 Å². The van der Waals surface area contributed by atoms with Crippen LogP contribution in [0.25, 0.3) is 0 Å². The minimum absolute atomic E-state index is 0. The van der Waals surface area contributed by atoms with Crippen molar-refractivity contribution in [2.45, 2.75) is 0 Å². The van der Waals surface area contributed by atoms with Crippen LogP contribution < -0.4 is 37.2 Å². The van der Waals surface area contributed by atoms with Gasteiger partial charge in [0.25, 0.3) is 0 Å². The molecule has 1 radical (unpaired) electrons. The van der Waals surface area contributed by atoms with E-state index in [4.69, 9.17) is 0 Å². The Hall–Kier alpha value is 2.73. The Bertz CT molecular complexity index is 6.85. The van der Waals surface area contributed by atoms with Gasteiger partial charge in [0.2, 0.25) is 0 Å². The maximum Gasteiger partial charge on any atom is 2.00 e. The van der Waals surface area contributed by atoms with Crippen molar-refractivity contribution in [3.63, 3.8) is 0 Å². The fourth-order valence-electron chi connectivity index (χ4n) is 0. The first-order valence-electron chi connectivity index (χ1n) is 0. The molecule has 0 saturated carbocycles. The molecule has 0 unspecified atom stereocenters. The minimum Gasteiger partial charge on any atom is -1.00 e. The molecule has 0 aromatic rings. The second kappa shape index (κ2) is 29.7. The zero-order valence-electron chi connectivity index (χ0n) is 2.55. The van der Waals surface area contributed by atoms with E-state index in [9.17, 15) is 0 Å². The first-order chi connectivity index (χ1) is 0. The topological polar surface area (TPSA) is 0 Å². The van der Waals surface area contributed by atoms with Gasteiger partial charge in [-0.2, -0.15) is 0 Å². The third-order valence-corrected chi connectivity index (χ3v) is 0. The van der Waals surface area contributed by atoms with Crippen LogP contribution in [0.4, 0.5) is 0 Å². The van der Waals surface area contributed by atoms with Crippen molar-refractivity contribution >= 4 is 0 Å². The predicted molar refractivity (Wildman–Crippen MR) is 0 cm³/mol. The Morgan fingerprint density at radius 3 is 0.600 bits per heavy atom. The number of rotatable bonds is 0. The molecule has 0 aliphatic carbocycles. The molecule has 0 heterocycles. The van der Waals surface area contributed by atoms with E-state index in [1.807, 2.05) is 0 Å². The maximum atomic E-state index is 0. The molecular formula is CdCl3Hg. The van der Waals surface area contributed by atoms with Gasteiger partial charge in [0.15, 0.2) is 0 Å². The Morgan fingerprint density at radius 2 is 0.600 bits per heavy atom. The fourth-order valence-corrected chi connectivity index (χ4v) is 0. The molecule has 0 atom stereocenters. The second-order valence-corrected chi connectivity index (χ2v) is 0. The van der Waals surface area contributed by atoms with Gasteiger partial charge < -0.3 is 37.2 Å². The standard InChI is InChI=1S/Cd.3ClH.Hg/h;3*1H;/q+2;;;;+1/p-3. The van der Waals surface area contributed by atoms with Crippen LogP contribution in [0.2, 0.25) is 0 Å². The number of hydrogen-bond donors (Lipinski definition) is 0. The SMILES string of the molecule is [Cd+2].[Cl-].[Cl-].[Cl-].[Hg+]. The van der Waals surface area contributed by atoms with Crippen LogP contribution in [-0.2, 0) is 55.0 Å². The average molecular weight is 419 g/mol. The number of halogens is 3. The maximum absolute atomic E-state index is 0. The summed E-state index contributed by atoms with van der Waals surface area (Å²) in [6, 6.07) is 0. The van der Waals surface area contributed by atoms with Crippen LogP contribution in [0.3, 0.4) is 0 Å². The summed E-state index contributed by atoms with van der Waals surface area (Å²) in [7, 11) is 0. The van der Waals surface area contributed by atoms with E-state index >= 15 is 0 Å². The zero-order chi connectivity index (χ0) is 0. The van der Waals surface area contributed by atoms with Crippen molar-refractivity contribution in [2.24, 2.45) is 0 Å². The molecule has 5 heteroatoms. The van der Waals surface area contributed by atoms with E-state index in [1.54, 1.807) is 0 Å². The molecule has 0 amide bonds. The van der Waals surface area contributed by atoms with E-state index in [-0.39, 0.29) is 92.2 Å². The van der Waals surface area contributed by atoms with Crippen LogP contribution in [0.15, 0.2) is 0 Å². The van der Waals surface area contributed by atoms with E-state index in [2.05, 4.69) is 0 Å². The smallest absolute Gasteiger partial charge is 1.00 e. The summed E-state index contributed by atoms with van der Waals surface area (Å²) in [5, 5.41) is 0. The van der Waals surface area contributed by atoms with Crippen LogP contribution in [0.1, 0.15) is 0 Å². The Kier molecular flexibility index (Phi) is 279. The van der Waals surface area contributed by atoms with Crippen molar-refractivity contribution in [3.05, 3.63) is 0 Å². The van der Waals surface area contributed by atoms with Crippen molar-refractivity contribution in [1.82, 2.24) is 0 Å². The summed E-state index contributed by atoms with van der Waals surface area (Å²) in [6.07, 6.45) is 0. The molecular weight excluding hydrogens is 419 g/mol. The van der Waals surface area contributed by atoms with Crippen molar-refractivity contribution in [3.8, 4) is 0 Å². The summed E-state index contributed by atoms with van der Waals surface area (Å²) in [4.78, 5) is 0. The monoisotopic (exact) mass is 421 g/mol. The Labute approximate surface area is 90.7 Å². The molecule has 0 bridgehead atoms. The van der Waals surface area contributed by atoms with E-state index in [0.29, 0.717) is 0 Å². The van der Waals surface area contributed by atoms with Gasteiger partial charge in [-0.05, 0) is 0 Å². The summed E-state index contributed by atoms with van der Waals surface area (Å²) < 4.78 is 0. The van der Waals surface area contributed by atoms with Crippen molar-refractivity contribution in [2.75, 3.05) is 0 Å². The van der Waals surface area contributed by atoms with Gasteiger partial charge >= 0.3 is 55.0 Å². The molecule has 0 fully saturated rings. The molecule has 0 rings (SSSR count). The van der Waals surface area contributed by atoms with Gasteiger partial charge in [-0.15, -0.1) is 0 Å². The third kappa shape index (κ3) is 20.2. The van der Waals surface area contributed by atoms with Crippen molar-refractivity contribution in [1.29, 1.82) is 0 Å². The first-order valence-corrected chi connectivity index (χ1v) is 0. The molecule has 0 spiro atoms. The molecule has 0 N–H and O–H groups in total. The molecule has 0 nitrogen and oxygen atoms in total. The van der Waals surface area contributed by atoms with Crippen LogP contribution in [-0.4, -0.2) is 0 Å². The predicted octanol–water partition coefficient (Wildman–Crippen LogP) is -8.99. The molecule has 5 heavy (non-hydrogen) atoms. The second-order valence-electron chi connectivity index (χ2n) is 0. The molecule has 0 aliphatic heterocycles. The summed E-state index contributed by atoms with van der Waals surface area (Å²) in [6.45, 7) is 0. The fraction of sp³-hybridized carbons (Fsp3) is 0. The first kappa shape index (κ1) is 47.0. The summed E-state index contributed by atoms with van der Waals surface area (Å²) in [5.41, 5.74) is 0. The van der Waals surface area contributed by atoms with E-state index in [0.717, 1.165) is 0 Å². The van der Waals surface area contributed by atoms with Gasteiger partial charge in [-0.3, -0.25) is 0 Å². The van der Waals surface area contributed by atoms with Crippen molar-refractivity contribution < 1.29 is 92.2 Å². The van der Waals surface area contributed by atoms with Gasteiger partial charge in [0.05, 0.1) is 0 Å². The molecule has 0 saturated heterocycles. The Balaban J connectivity index is 0. The summed E-state index contributed by atoms with van der Waals surface area (Å²) in [5.74, 6) is 0. The van der Waals surface area contributed by atoms with Crippen LogP contribution in [0, 0.1) is 0 Å². The molecule has 0 aromatic carbocycles. The van der Waals surface area contributed by atoms with E-state index in [1.165, 1.54) is 0 Å². The minimum atomic E-state index is 0. The summed E-state index contributed by atoms with van der Waals surface area (Å²) >= 11 is 0. The van der Waals surface area contributed by atoms with Gasteiger partial charge in [-0.25, -0.2) is 0 Å². The van der Waals surface area contributed by atoms with Crippen LogP contribution >= 0.6 is 0 Å². The molecule has 0 aromatic heterocycles. The number of hydrogen-bond acceptors (Lipinski definition) is 0. The van der Waals surface area contributed by atoms with Gasteiger partial charge in [-0.1, -0.05) is 0 Å². The third-order valence-electron chi connectivity index (χ3n) is 0. The molecule has 0 aliphatic rings. The van der Waals surface area contributed by atoms with Crippen LogP contribution in [0.5, 0.6) is 0 Å². The average Bonchev–Trinajstić information content (AvgIpc) is 0. The quantitative estimate of drug-likeness (QED) is 0.343. The molecule has 25 valence electrons. The largest absolute Gasteiger partial charge is 2.00 e.